The molecule has 2 aromatic carbocycles. The Morgan fingerprint density at radius 2 is 1.20 bits per heavy atom. The predicted octanol–water partition coefficient (Wildman–Crippen LogP) is -4.93. The van der Waals surface area contributed by atoms with Gasteiger partial charge in [-0.1, -0.05) is 62.7 Å². The number of rotatable bonds is 27. The average molecular weight is 1380 g/mol. The SMILES string of the molecule is CC[C@H](C)[C@@H]1NC(=O)[C@H](CCCN=C(N)N)NC(=O)[C@H](CCCN=C(N)N)NC(=O)[C@H](NC(=O)[C@H](Cc2ccccc2)NC(=O)CNC(=O)CNC(=O)[C@@H](N)Cc2ccc(O)cc2)C(C)(C)SCCSC[C@H](C(N)=O)NC(=O)[C@@H]2CCCN2C(=O)[C@H](CCCN=C(N)N)NC1=O. The molecule has 11 amide bonds. The molecule has 530 valence electrons. The van der Waals surface area contributed by atoms with Gasteiger partial charge in [-0.05, 0) is 101 Å². The van der Waals surface area contributed by atoms with E-state index in [1.54, 1.807) is 70.2 Å². The molecule has 2 fully saturated rings. The Morgan fingerprint density at radius 1 is 0.656 bits per heavy atom. The quantitative estimate of drug-likeness (QED) is 0.0226. The van der Waals surface area contributed by atoms with Crippen LogP contribution in [-0.4, -0.2) is 209 Å². The van der Waals surface area contributed by atoms with E-state index in [9.17, 15) is 53.1 Å². The van der Waals surface area contributed by atoms with Crippen LogP contribution in [-0.2, 0) is 65.6 Å². The number of guanidine groups is 3. The van der Waals surface area contributed by atoms with Gasteiger partial charge >= 0.3 is 0 Å². The lowest BCUT2D eigenvalue weighted by Gasteiger charge is -2.35. The summed E-state index contributed by atoms with van der Waals surface area (Å²) in [4.78, 5) is 169. The van der Waals surface area contributed by atoms with Crippen LogP contribution in [0.25, 0.3) is 0 Å². The molecule has 2 aromatic rings. The lowest BCUT2D eigenvalue weighted by molar-refractivity contribution is -0.142. The van der Waals surface area contributed by atoms with Crippen LogP contribution in [0.15, 0.2) is 69.6 Å². The number of carbonyl (C=O) groups excluding carboxylic acids is 11. The number of amides is 11. The molecule has 35 heteroatoms. The van der Waals surface area contributed by atoms with Crippen molar-refractivity contribution < 1.29 is 57.8 Å². The van der Waals surface area contributed by atoms with Gasteiger partial charge in [0.1, 0.15) is 54.1 Å². The molecule has 96 heavy (non-hydrogen) atoms. The number of aliphatic imine (C=N–C) groups is 3. The van der Waals surface area contributed by atoms with E-state index in [1.807, 2.05) is 0 Å². The zero-order chi connectivity index (χ0) is 71.1. The summed E-state index contributed by atoms with van der Waals surface area (Å²) in [6.45, 7) is 5.75. The van der Waals surface area contributed by atoms with Crippen LogP contribution in [0, 0.1) is 5.92 Å². The molecule has 2 aliphatic heterocycles. The second-order valence-electron chi connectivity index (χ2n) is 23.8. The maximum absolute atomic E-state index is 15.3. The number of aromatic hydroxyl groups is 1. The summed E-state index contributed by atoms with van der Waals surface area (Å²) in [5.41, 5.74) is 46.9. The molecule has 0 spiro atoms. The number of primary amides is 1. The first-order valence-electron chi connectivity index (χ1n) is 31.7. The van der Waals surface area contributed by atoms with E-state index < -0.39 is 143 Å². The van der Waals surface area contributed by atoms with E-state index >= 15 is 4.79 Å². The van der Waals surface area contributed by atoms with Gasteiger partial charge < -0.3 is 104 Å². The zero-order valence-corrected chi connectivity index (χ0v) is 56.4. The minimum atomic E-state index is -1.54. The molecule has 0 aliphatic carbocycles. The minimum absolute atomic E-state index is 0.00505. The number of nitrogens with two attached hydrogens (primary N) is 8. The highest BCUT2D eigenvalue weighted by molar-refractivity contribution is 8.03. The smallest absolute Gasteiger partial charge is 0.245 e. The van der Waals surface area contributed by atoms with E-state index in [-0.39, 0.29) is 125 Å². The predicted molar refractivity (Wildman–Crippen MR) is 366 cm³/mol. The highest BCUT2D eigenvalue weighted by Crippen LogP contribution is 2.30. The Kier molecular flexibility index (Phi) is 33.3. The third-order valence-electron chi connectivity index (χ3n) is 15.8. The van der Waals surface area contributed by atoms with Crippen molar-refractivity contribution in [1.82, 2.24) is 52.8 Å². The molecule has 10 atom stereocenters. The Hall–Kier alpha value is -9.12. The lowest BCUT2D eigenvalue weighted by Crippen LogP contribution is -2.63. The van der Waals surface area contributed by atoms with E-state index in [4.69, 9.17) is 45.9 Å². The first kappa shape index (κ1) is 79.3. The van der Waals surface area contributed by atoms with Gasteiger partial charge in [-0.2, -0.15) is 23.5 Å². The van der Waals surface area contributed by atoms with Crippen molar-refractivity contribution in [2.75, 3.05) is 56.5 Å². The molecule has 2 heterocycles. The highest BCUT2D eigenvalue weighted by Gasteiger charge is 2.43. The number of fused-ring (bicyclic) bond motifs is 1. The maximum atomic E-state index is 15.3. The third-order valence-corrected chi connectivity index (χ3v) is 18.5. The summed E-state index contributed by atoms with van der Waals surface area (Å²) in [6, 6.07) is 2.81. The van der Waals surface area contributed by atoms with Crippen LogP contribution in [0.4, 0.5) is 0 Å². The number of thioether (sulfide) groups is 2. The Balaban J connectivity index is 1.76. The molecule has 33 nitrogen and oxygen atoms in total. The van der Waals surface area contributed by atoms with Gasteiger partial charge in [-0.15, -0.1) is 0 Å². The summed E-state index contributed by atoms with van der Waals surface area (Å²) in [5, 5.41) is 33.7. The van der Waals surface area contributed by atoms with Crippen LogP contribution in [0.1, 0.15) is 96.6 Å². The van der Waals surface area contributed by atoms with Crippen LogP contribution < -0.4 is 93.7 Å². The van der Waals surface area contributed by atoms with Crippen molar-refractivity contribution in [2.24, 2.45) is 66.8 Å². The fourth-order valence-corrected chi connectivity index (χ4v) is 12.6. The fourth-order valence-electron chi connectivity index (χ4n) is 10.3. The number of nitrogens with one attached hydrogen (secondary N) is 9. The zero-order valence-electron chi connectivity index (χ0n) is 54.8. The first-order valence-corrected chi connectivity index (χ1v) is 33.8. The number of hydrogen-bond acceptors (Lipinski definition) is 18. The number of phenols is 1. The van der Waals surface area contributed by atoms with Crippen LogP contribution in [0.3, 0.4) is 0 Å². The van der Waals surface area contributed by atoms with Gasteiger partial charge in [0.15, 0.2) is 17.9 Å². The second-order valence-corrected chi connectivity index (χ2v) is 26.7. The fraction of sp³-hybridized carbons (Fsp3) is 0.574. The number of nitrogens with zero attached hydrogens (tertiary/aromatic N) is 4. The van der Waals surface area contributed by atoms with Crippen molar-refractivity contribution >= 4 is 106 Å². The third kappa shape index (κ3) is 27.7. The second kappa shape index (κ2) is 40.3. The summed E-state index contributed by atoms with van der Waals surface area (Å²) in [5.74, 6) is -9.45. The van der Waals surface area contributed by atoms with Gasteiger partial charge in [-0.3, -0.25) is 67.7 Å². The Morgan fingerprint density at radius 3 is 1.77 bits per heavy atom. The number of carbonyl (C=O) groups is 11. The maximum Gasteiger partial charge on any atom is 0.245 e. The highest BCUT2D eigenvalue weighted by atomic mass is 32.2. The monoisotopic (exact) mass is 1380 g/mol. The van der Waals surface area contributed by atoms with Crippen LogP contribution >= 0.6 is 23.5 Å². The number of benzene rings is 2. The van der Waals surface area contributed by atoms with Gasteiger partial charge in [0.2, 0.25) is 65.0 Å². The lowest BCUT2D eigenvalue weighted by atomic mass is 9.96. The Bertz CT molecular complexity index is 3060. The number of hydrogen-bond donors (Lipinski definition) is 18. The van der Waals surface area contributed by atoms with E-state index in [0.29, 0.717) is 24.0 Å². The Labute approximate surface area is 566 Å². The molecule has 26 N–H and O–H groups in total. The van der Waals surface area contributed by atoms with Gasteiger partial charge in [0.05, 0.1) is 19.1 Å². The van der Waals surface area contributed by atoms with Crippen molar-refractivity contribution in [1.29, 1.82) is 0 Å². The van der Waals surface area contributed by atoms with E-state index in [0.717, 1.165) is 0 Å². The molecular formula is C61H97N21O12S2. The summed E-state index contributed by atoms with van der Waals surface area (Å²) in [6.07, 6.45) is 1.01. The topological polar surface area (TPSA) is 565 Å². The van der Waals surface area contributed by atoms with Crippen molar-refractivity contribution in [3.05, 3.63) is 65.7 Å². The van der Waals surface area contributed by atoms with E-state index in [2.05, 4.69) is 62.8 Å². The number of phenolic OH excluding ortho intramolecular Hbond substituents is 1. The minimum Gasteiger partial charge on any atom is -0.508 e. The van der Waals surface area contributed by atoms with Gasteiger partial charge in [-0.25, -0.2) is 0 Å². The molecule has 4 rings (SSSR count). The van der Waals surface area contributed by atoms with E-state index in [1.165, 1.54) is 40.6 Å². The molecule has 0 radical (unpaired) electrons. The van der Waals surface area contributed by atoms with Crippen molar-refractivity contribution in [3.8, 4) is 5.75 Å². The standard InChI is InChI=1S/C61H97N21O12S2/c1-5-34(2)47-55(92)78-41(17-11-25-72-60(68)69)57(94)82-26-12-18-44(82)54(91)79-43(49(63)86)33-95-27-28-96-61(3,4)48(56(93)77-39(15-9-23-70-58(64)65)51(88)76-40(52(89)80-47)16-10-24-71-59(66)67)81-53(90)42(30-35-13-7-6-8-14-35)75-46(85)32-73-45(84)31-74-50(87)38(62)29-36-19-21-37(83)22-20-36/h6-8,13-14,19-22,34,38-44,47-48,83H,5,9-12,15-18,23-33,62H2,1-4H3,(H2,63,86)(H,73,84)(H,74,87)(H,75,85)(H,76,88)(H,77,93)(H,78,92)(H,79,91)(H,80,89)(H,81,90)(H4,64,65,70)(H4,66,67,71)(H4,68,69,72)/t34-,38-,39-,40-,41-,42-,43+,44-,47-,48-/m0/s1. The molecule has 0 unspecified atom stereocenters. The first-order chi connectivity index (χ1) is 45.5. The molecular weight excluding hydrogens is 1280 g/mol. The summed E-state index contributed by atoms with van der Waals surface area (Å²) >= 11 is 2.45. The van der Waals surface area contributed by atoms with Crippen LogP contribution in [0.2, 0.25) is 0 Å². The largest absolute Gasteiger partial charge is 0.508 e. The van der Waals surface area contributed by atoms with Crippen molar-refractivity contribution in [3.63, 3.8) is 0 Å². The molecule has 0 saturated carbocycles. The van der Waals surface area contributed by atoms with Crippen LogP contribution in [0.5, 0.6) is 5.75 Å². The normalized spacial score (nSPS) is 21.7. The van der Waals surface area contributed by atoms with Gasteiger partial charge in [0, 0.05) is 54.6 Å². The average Bonchev–Trinajstić information content (AvgIpc) is 1.51. The molecule has 0 aromatic heterocycles. The molecule has 0 bridgehead atoms. The molecule has 2 aliphatic rings. The summed E-state index contributed by atoms with van der Waals surface area (Å²) in [7, 11) is 0. The van der Waals surface area contributed by atoms with Crippen molar-refractivity contribution in [2.45, 2.75) is 157 Å². The molecule has 2 saturated heterocycles. The summed E-state index contributed by atoms with van der Waals surface area (Å²) < 4.78 is -1.30. The van der Waals surface area contributed by atoms with Gasteiger partial charge in [0.25, 0.3) is 0 Å².